The maximum absolute atomic E-state index is 12.3. The van der Waals surface area contributed by atoms with Crippen molar-refractivity contribution in [1.29, 1.82) is 0 Å². The van der Waals surface area contributed by atoms with Gasteiger partial charge in [-0.2, -0.15) is 0 Å². The average Bonchev–Trinajstić information content (AvgIpc) is 2.50. The van der Waals surface area contributed by atoms with Gasteiger partial charge < -0.3 is 16.4 Å². The van der Waals surface area contributed by atoms with Crippen LogP contribution in [0.4, 0.5) is 0 Å². The number of nitrogens with two attached hydrogens (primary N) is 1. The van der Waals surface area contributed by atoms with E-state index in [0.29, 0.717) is 12.1 Å². The monoisotopic (exact) mass is 319 g/mol. The van der Waals surface area contributed by atoms with Crippen LogP contribution >= 0.6 is 0 Å². The first-order valence-corrected chi connectivity index (χ1v) is 8.13. The molecule has 5 nitrogen and oxygen atoms in total. The van der Waals surface area contributed by atoms with Crippen LogP contribution in [0.25, 0.3) is 0 Å². The fourth-order valence-electron chi connectivity index (χ4n) is 2.04. The summed E-state index contributed by atoms with van der Waals surface area (Å²) in [6, 6.07) is 6.73. The van der Waals surface area contributed by atoms with Gasteiger partial charge in [-0.15, -0.1) is 0 Å². The summed E-state index contributed by atoms with van der Waals surface area (Å²) in [5.74, 6) is -0.0454. The highest BCUT2D eigenvalue weighted by atomic mass is 16.2. The molecule has 1 aromatic carbocycles. The third-order valence-corrected chi connectivity index (χ3v) is 3.95. The summed E-state index contributed by atoms with van der Waals surface area (Å²) in [4.78, 5) is 24.3. The topological polar surface area (TPSA) is 84.2 Å². The second-order valence-corrected chi connectivity index (χ2v) is 6.70. The number of hydrogen-bond acceptors (Lipinski definition) is 3. The largest absolute Gasteiger partial charge is 0.353 e. The molecule has 4 N–H and O–H groups in total. The van der Waals surface area contributed by atoms with Crippen LogP contribution in [0.2, 0.25) is 0 Å². The predicted octanol–water partition coefficient (Wildman–Crippen LogP) is 1.85. The SMILES string of the molecule is Cc1ccc(C(=O)N[C@H](CNC(=O)C(N)C(C)C)C(C)C)cc1. The van der Waals surface area contributed by atoms with Crippen LogP contribution < -0.4 is 16.4 Å². The van der Waals surface area contributed by atoms with E-state index < -0.39 is 6.04 Å². The zero-order valence-corrected chi connectivity index (χ0v) is 14.7. The number of nitrogens with one attached hydrogen (secondary N) is 2. The molecule has 2 amide bonds. The second kappa shape index (κ2) is 8.67. The van der Waals surface area contributed by atoms with Gasteiger partial charge in [0.25, 0.3) is 5.91 Å². The number of rotatable bonds is 7. The molecule has 128 valence electrons. The standard InChI is InChI=1S/C18H29N3O2/c1-11(2)15(10-20-18(23)16(19)12(3)4)21-17(22)14-8-6-13(5)7-9-14/h6-9,11-12,15-16H,10,19H2,1-5H3,(H,20,23)(H,21,22)/t15-,16?/m1/s1. The van der Waals surface area contributed by atoms with Crippen molar-refractivity contribution in [2.24, 2.45) is 17.6 Å². The van der Waals surface area contributed by atoms with E-state index >= 15 is 0 Å². The lowest BCUT2D eigenvalue weighted by atomic mass is 10.0. The maximum atomic E-state index is 12.3. The van der Waals surface area contributed by atoms with Crippen molar-refractivity contribution >= 4 is 11.8 Å². The summed E-state index contributed by atoms with van der Waals surface area (Å²) in [6.45, 7) is 10.2. The summed E-state index contributed by atoms with van der Waals surface area (Å²) in [5.41, 5.74) is 7.55. The molecule has 23 heavy (non-hydrogen) atoms. The van der Waals surface area contributed by atoms with Gasteiger partial charge in [0.15, 0.2) is 0 Å². The fourth-order valence-corrected chi connectivity index (χ4v) is 2.04. The van der Waals surface area contributed by atoms with E-state index in [1.165, 1.54) is 0 Å². The minimum absolute atomic E-state index is 0.0784. The highest BCUT2D eigenvalue weighted by Gasteiger charge is 2.21. The van der Waals surface area contributed by atoms with Crippen LogP contribution in [-0.2, 0) is 4.79 Å². The van der Waals surface area contributed by atoms with Crippen molar-refractivity contribution in [2.45, 2.75) is 46.7 Å². The van der Waals surface area contributed by atoms with E-state index in [-0.39, 0.29) is 29.7 Å². The van der Waals surface area contributed by atoms with Gasteiger partial charge in [0.2, 0.25) is 5.91 Å². The Hall–Kier alpha value is -1.88. The van der Waals surface area contributed by atoms with Gasteiger partial charge >= 0.3 is 0 Å². The molecule has 0 saturated carbocycles. The number of carbonyl (C=O) groups excluding carboxylic acids is 2. The Kier molecular flexibility index (Phi) is 7.23. The summed E-state index contributed by atoms with van der Waals surface area (Å²) in [5, 5.41) is 5.81. The van der Waals surface area contributed by atoms with Crippen LogP contribution in [0.15, 0.2) is 24.3 Å². The number of aryl methyl sites for hydroxylation is 1. The smallest absolute Gasteiger partial charge is 0.251 e. The van der Waals surface area contributed by atoms with Gasteiger partial charge in [-0.1, -0.05) is 45.4 Å². The van der Waals surface area contributed by atoms with Crippen LogP contribution in [0.3, 0.4) is 0 Å². The summed E-state index contributed by atoms with van der Waals surface area (Å²) in [7, 11) is 0. The van der Waals surface area contributed by atoms with Crippen LogP contribution in [0, 0.1) is 18.8 Å². The van der Waals surface area contributed by atoms with Crippen molar-refractivity contribution in [3.05, 3.63) is 35.4 Å². The molecule has 1 unspecified atom stereocenters. The van der Waals surface area contributed by atoms with Gasteiger partial charge in [0.1, 0.15) is 0 Å². The van der Waals surface area contributed by atoms with E-state index in [0.717, 1.165) is 5.56 Å². The molecule has 0 aliphatic heterocycles. The third-order valence-electron chi connectivity index (χ3n) is 3.95. The predicted molar refractivity (Wildman–Crippen MR) is 93.1 cm³/mol. The van der Waals surface area contributed by atoms with Crippen LogP contribution in [-0.4, -0.2) is 30.4 Å². The first-order valence-electron chi connectivity index (χ1n) is 8.13. The Morgan fingerprint density at radius 3 is 2.09 bits per heavy atom. The zero-order chi connectivity index (χ0) is 17.6. The molecule has 0 aromatic heterocycles. The normalized spacial score (nSPS) is 13.7. The lowest BCUT2D eigenvalue weighted by Crippen LogP contribution is -2.51. The first-order chi connectivity index (χ1) is 10.7. The molecule has 0 heterocycles. The summed E-state index contributed by atoms with van der Waals surface area (Å²) in [6.07, 6.45) is 0. The number of benzene rings is 1. The number of carbonyl (C=O) groups is 2. The second-order valence-electron chi connectivity index (χ2n) is 6.70. The van der Waals surface area contributed by atoms with Crippen molar-refractivity contribution in [1.82, 2.24) is 10.6 Å². The highest BCUT2D eigenvalue weighted by Crippen LogP contribution is 2.06. The van der Waals surface area contributed by atoms with Crippen molar-refractivity contribution < 1.29 is 9.59 Å². The quantitative estimate of drug-likeness (QED) is 0.717. The number of hydrogen-bond donors (Lipinski definition) is 3. The van der Waals surface area contributed by atoms with Crippen LogP contribution in [0.5, 0.6) is 0 Å². The van der Waals surface area contributed by atoms with Gasteiger partial charge in [-0.05, 0) is 30.9 Å². The van der Waals surface area contributed by atoms with Gasteiger partial charge in [-0.25, -0.2) is 0 Å². The van der Waals surface area contributed by atoms with Gasteiger partial charge in [-0.3, -0.25) is 9.59 Å². The van der Waals surface area contributed by atoms with E-state index in [4.69, 9.17) is 5.73 Å². The zero-order valence-electron chi connectivity index (χ0n) is 14.7. The lowest BCUT2D eigenvalue weighted by molar-refractivity contribution is -0.123. The molecular weight excluding hydrogens is 290 g/mol. The molecule has 1 rings (SSSR count). The van der Waals surface area contributed by atoms with E-state index in [9.17, 15) is 9.59 Å². The molecule has 0 fully saturated rings. The molecule has 0 spiro atoms. The molecule has 0 bridgehead atoms. The van der Waals surface area contributed by atoms with Gasteiger partial charge in [0, 0.05) is 18.2 Å². The van der Waals surface area contributed by atoms with Crippen molar-refractivity contribution in [2.75, 3.05) is 6.54 Å². The van der Waals surface area contributed by atoms with E-state index in [2.05, 4.69) is 10.6 Å². The molecule has 0 radical (unpaired) electrons. The maximum Gasteiger partial charge on any atom is 0.251 e. The summed E-state index contributed by atoms with van der Waals surface area (Å²) < 4.78 is 0. The highest BCUT2D eigenvalue weighted by molar-refractivity contribution is 5.94. The van der Waals surface area contributed by atoms with Gasteiger partial charge in [0.05, 0.1) is 6.04 Å². The van der Waals surface area contributed by atoms with Crippen molar-refractivity contribution in [3.8, 4) is 0 Å². The Morgan fingerprint density at radius 2 is 1.61 bits per heavy atom. The Bertz CT molecular complexity index is 524. The molecule has 2 atom stereocenters. The molecule has 0 aliphatic carbocycles. The van der Waals surface area contributed by atoms with Crippen LogP contribution in [0.1, 0.15) is 43.6 Å². The van der Waals surface area contributed by atoms with E-state index in [1.54, 1.807) is 12.1 Å². The average molecular weight is 319 g/mol. The van der Waals surface area contributed by atoms with Crippen molar-refractivity contribution in [3.63, 3.8) is 0 Å². The molecule has 5 heteroatoms. The third kappa shape index (κ3) is 6.02. The van der Waals surface area contributed by atoms with E-state index in [1.807, 2.05) is 46.8 Å². The first kappa shape index (κ1) is 19.2. The Labute approximate surface area is 139 Å². The molecule has 0 saturated heterocycles. The minimum atomic E-state index is -0.532. The fraction of sp³-hybridized carbons (Fsp3) is 0.556. The number of amides is 2. The lowest BCUT2D eigenvalue weighted by Gasteiger charge is -2.24. The molecule has 1 aromatic rings. The Balaban J connectivity index is 2.63. The summed E-state index contributed by atoms with van der Waals surface area (Å²) >= 11 is 0. The Morgan fingerprint density at radius 1 is 1.04 bits per heavy atom. The molecular formula is C18H29N3O2. The molecule has 0 aliphatic rings. The minimum Gasteiger partial charge on any atom is -0.353 e.